The third-order valence-corrected chi connectivity index (χ3v) is 3.47. The molecule has 1 aromatic heterocycles. The van der Waals surface area contributed by atoms with Crippen molar-refractivity contribution in [2.75, 3.05) is 13.7 Å². The normalized spacial score (nSPS) is 10.7. The van der Waals surface area contributed by atoms with E-state index in [1.54, 1.807) is 31.7 Å². The average Bonchev–Trinajstić information content (AvgIpc) is 3.22. The van der Waals surface area contributed by atoms with Gasteiger partial charge in [-0.05, 0) is 42.0 Å². The van der Waals surface area contributed by atoms with Crippen molar-refractivity contribution in [2.45, 2.75) is 0 Å². The molecule has 0 spiro atoms. The molecule has 132 valence electrons. The number of benzene rings is 2. The van der Waals surface area contributed by atoms with Gasteiger partial charge in [-0.2, -0.15) is 5.10 Å². The van der Waals surface area contributed by atoms with Crippen molar-refractivity contribution >= 4 is 12.1 Å². The molecule has 1 heterocycles. The van der Waals surface area contributed by atoms with Crippen molar-refractivity contribution in [3.8, 4) is 22.8 Å². The van der Waals surface area contributed by atoms with Crippen LogP contribution in [0.4, 0.5) is 0 Å². The fourth-order valence-electron chi connectivity index (χ4n) is 2.20. The summed E-state index contributed by atoms with van der Waals surface area (Å²) >= 11 is 0. The summed E-state index contributed by atoms with van der Waals surface area (Å²) in [5, 5.41) is 7.59. The minimum absolute atomic E-state index is 0.175. The monoisotopic (exact) mass is 351 g/mol. The highest BCUT2D eigenvalue weighted by atomic mass is 16.5. The number of nitrogens with one attached hydrogen (secondary N) is 1. The van der Waals surface area contributed by atoms with Crippen molar-refractivity contribution in [2.24, 2.45) is 5.10 Å². The summed E-state index contributed by atoms with van der Waals surface area (Å²) in [6, 6.07) is 16.3. The molecule has 0 aliphatic heterocycles. The van der Waals surface area contributed by atoms with Crippen LogP contribution in [0.15, 0.2) is 70.4 Å². The molecule has 0 fully saturated rings. The van der Waals surface area contributed by atoms with E-state index in [0.29, 0.717) is 11.5 Å². The van der Waals surface area contributed by atoms with Gasteiger partial charge in [0.25, 0.3) is 5.91 Å². The second-order valence-electron chi connectivity index (χ2n) is 5.23. The largest absolute Gasteiger partial charge is 0.497 e. The second-order valence-corrected chi connectivity index (χ2v) is 5.23. The van der Waals surface area contributed by atoms with Gasteiger partial charge in [-0.3, -0.25) is 4.79 Å². The van der Waals surface area contributed by atoms with Crippen LogP contribution in [-0.4, -0.2) is 31.0 Å². The molecule has 2 aromatic carbocycles. The molecule has 7 heteroatoms. The van der Waals surface area contributed by atoms with Crippen molar-refractivity contribution in [3.05, 3.63) is 66.4 Å². The molecule has 0 radical (unpaired) electrons. The van der Waals surface area contributed by atoms with E-state index >= 15 is 0 Å². The molecule has 26 heavy (non-hydrogen) atoms. The summed E-state index contributed by atoms with van der Waals surface area (Å²) in [4.78, 5) is 11.9. The van der Waals surface area contributed by atoms with Crippen LogP contribution >= 0.6 is 0 Å². The van der Waals surface area contributed by atoms with Crippen LogP contribution in [0, 0.1) is 0 Å². The van der Waals surface area contributed by atoms with E-state index in [9.17, 15) is 4.79 Å². The Morgan fingerprint density at radius 3 is 2.73 bits per heavy atom. The van der Waals surface area contributed by atoms with Crippen molar-refractivity contribution in [1.29, 1.82) is 0 Å². The topological polar surface area (TPSA) is 86.0 Å². The Hall–Kier alpha value is -3.61. The molecular formula is C19H17N3O4. The van der Waals surface area contributed by atoms with Gasteiger partial charge in [0.05, 0.1) is 25.1 Å². The van der Waals surface area contributed by atoms with Gasteiger partial charge in [-0.15, -0.1) is 0 Å². The summed E-state index contributed by atoms with van der Waals surface area (Å²) in [5.41, 5.74) is 3.98. The average molecular weight is 351 g/mol. The Morgan fingerprint density at radius 2 is 2.00 bits per heavy atom. The number of carbonyl (C=O) groups excluding carboxylic acids is 1. The third kappa shape index (κ3) is 4.47. The number of para-hydroxylation sites is 1. The van der Waals surface area contributed by atoms with E-state index in [4.69, 9.17) is 14.0 Å². The number of ether oxygens (including phenoxy) is 2. The number of amides is 1. The third-order valence-electron chi connectivity index (χ3n) is 3.47. The van der Waals surface area contributed by atoms with Crippen LogP contribution < -0.4 is 14.9 Å². The molecule has 1 N–H and O–H groups in total. The Bertz CT molecular complexity index is 874. The van der Waals surface area contributed by atoms with Gasteiger partial charge in [-0.1, -0.05) is 17.3 Å². The first kappa shape index (κ1) is 17.2. The molecule has 3 rings (SSSR count). The highest BCUT2D eigenvalue weighted by molar-refractivity contribution is 5.83. The van der Waals surface area contributed by atoms with E-state index in [0.717, 1.165) is 16.9 Å². The van der Waals surface area contributed by atoms with Gasteiger partial charge < -0.3 is 14.0 Å². The number of hydrogen-bond acceptors (Lipinski definition) is 6. The van der Waals surface area contributed by atoms with Crippen LogP contribution in [0.2, 0.25) is 0 Å². The van der Waals surface area contributed by atoms with E-state index in [1.807, 2.05) is 42.5 Å². The molecule has 1 amide bonds. The Morgan fingerprint density at radius 1 is 1.19 bits per heavy atom. The summed E-state index contributed by atoms with van der Waals surface area (Å²) < 4.78 is 15.8. The van der Waals surface area contributed by atoms with Crippen LogP contribution in [0.1, 0.15) is 5.56 Å². The lowest BCUT2D eigenvalue weighted by atomic mass is 10.1. The molecule has 0 bridgehead atoms. The highest BCUT2D eigenvalue weighted by Crippen LogP contribution is 2.29. The van der Waals surface area contributed by atoms with Gasteiger partial charge in [0.15, 0.2) is 12.4 Å². The number of hydrogen-bond donors (Lipinski definition) is 1. The maximum absolute atomic E-state index is 11.9. The molecule has 0 aliphatic carbocycles. The number of hydrazone groups is 1. The molecule has 0 saturated heterocycles. The van der Waals surface area contributed by atoms with E-state index < -0.39 is 0 Å². The molecule has 0 unspecified atom stereocenters. The van der Waals surface area contributed by atoms with Gasteiger partial charge >= 0.3 is 0 Å². The molecule has 0 atom stereocenters. The number of aromatic nitrogens is 1. The minimum atomic E-state index is -0.373. The van der Waals surface area contributed by atoms with Crippen molar-refractivity contribution in [1.82, 2.24) is 10.6 Å². The zero-order chi connectivity index (χ0) is 18.2. The maximum Gasteiger partial charge on any atom is 0.277 e. The standard InChI is InChI=1S/C19H17N3O4/c1-24-15-8-6-14(7-9-15)12-20-22-19(23)13-25-17-5-3-2-4-16(17)18-10-11-21-26-18/h2-12H,13H2,1H3,(H,22,23)/b20-12+. The first-order valence-electron chi connectivity index (χ1n) is 7.85. The number of nitrogens with zero attached hydrogens (tertiary/aromatic N) is 2. The fraction of sp³-hybridized carbons (Fsp3) is 0.105. The predicted molar refractivity (Wildman–Crippen MR) is 96.2 cm³/mol. The van der Waals surface area contributed by atoms with Crippen LogP contribution in [-0.2, 0) is 4.79 Å². The van der Waals surface area contributed by atoms with Crippen LogP contribution in [0.3, 0.4) is 0 Å². The first-order chi connectivity index (χ1) is 12.8. The van der Waals surface area contributed by atoms with Crippen molar-refractivity contribution in [3.63, 3.8) is 0 Å². The summed E-state index contributed by atoms with van der Waals surface area (Å²) in [5.74, 6) is 1.48. The molecular weight excluding hydrogens is 334 g/mol. The molecule has 7 nitrogen and oxygen atoms in total. The fourth-order valence-corrected chi connectivity index (χ4v) is 2.20. The zero-order valence-corrected chi connectivity index (χ0v) is 14.1. The smallest absolute Gasteiger partial charge is 0.277 e. The molecule has 0 aliphatic rings. The van der Waals surface area contributed by atoms with Gasteiger partial charge in [0, 0.05) is 6.07 Å². The summed E-state index contributed by atoms with van der Waals surface area (Å²) in [6.45, 7) is -0.175. The quantitative estimate of drug-likeness (QED) is 0.522. The van der Waals surface area contributed by atoms with Crippen molar-refractivity contribution < 1.29 is 18.8 Å². The number of carbonyl (C=O) groups is 1. The van der Waals surface area contributed by atoms with Crippen LogP contribution in [0.5, 0.6) is 11.5 Å². The Labute approximate surface area is 150 Å². The number of methoxy groups -OCH3 is 1. The zero-order valence-electron chi connectivity index (χ0n) is 14.1. The van der Waals surface area contributed by atoms with Crippen LogP contribution in [0.25, 0.3) is 11.3 Å². The van der Waals surface area contributed by atoms with Gasteiger partial charge in [-0.25, -0.2) is 5.43 Å². The SMILES string of the molecule is COc1ccc(/C=N/NC(=O)COc2ccccc2-c2ccno2)cc1. The highest BCUT2D eigenvalue weighted by Gasteiger charge is 2.10. The maximum atomic E-state index is 11.9. The lowest BCUT2D eigenvalue weighted by molar-refractivity contribution is -0.123. The summed E-state index contributed by atoms with van der Waals surface area (Å²) in [7, 11) is 1.60. The predicted octanol–water partition coefficient (Wildman–Crippen LogP) is 2.88. The van der Waals surface area contributed by atoms with E-state index in [1.165, 1.54) is 0 Å². The Kier molecular flexibility index (Phi) is 5.61. The van der Waals surface area contributed by atoms with E-state index in [2.05, 4.69) is 15.7 Å². The molecule has 0 saturated carbocycles. The first-order valence-corrected chi connectivity index (χ1v) is 7.85. The molecule has 3 aromatic rings. The summed E-state index contributed by atoms with van der Waals surface area (Å²) in [6.07, 6.45) is 3.09. The lowest BCUT2D eigenvalue weighted by Gasteiger charge is -2.08. The van der Waals surface area contributed by atoms with Gasteiger partial charge in [0.2, 0.25) is 0 Å². The minimum Gasteiger partial charge on any atom is -0.497 e. The lowest BCUT2D eigenvalue weighted by Crippen LogP contribution is -2.24. The Balaban J connectivity index is 1.54. The number of rotatable bonds is 7. The van der Waals surface area contributed by atoms with Gasteiger partial charge in [0.1, 0.15) is 11.5 Å². The van der Waals surface area contributed by atoms with E-state index in [-0.39, 0.29) is 12.5 Å². The second kappa shape index (κ2) is 8.48.